The Morgan fingerprint density at radius 1 is 1.36 bits per heavy atom. The molecule has 0 aliphatic carbocycles. The van der Waals surface area contributed by atoms with Crippen LogP contribution < -0.4 is 11.2 Å². The molecule has 0 radical (unpaired) electrons. The van der Waals surface area contributed by atoms with E-state index in [1.807, 2.05) is 0 Å². The summed E-state index contributed by atoms with van der Waals surface area (Å²) in [6.45, 7) is 1.57. The highest BCUT2D eigenvalue weighted by Gasteiger charge is 2.22. The summed E-state index contributed by atoms with van der Waals surface area (Å²) in [5.41, 5.74) is 8.72. The van der Waals surface area contributed by atoms with Crippen LogP contribution in [0.15, 0.2) is 27.9 Å². The van der Waals surface area contributed by atoms with Crippen LogP contribution in [0.1, 0.15) is 21.7 Å². The molecule has 1 amide bonds. The van der Waals surface area contributed by atoms with Gasteiger partial charge in [-0.2, -0.15) is 9.78 Å². The number of nitrogens with one attached hydrogen (secondary N) is 1. The van der Waals surface area contributed by atoms with E-state index in [0.717, 1.165) is 4.68 Å². The summed E-state index contributed by atoms with van der Waals surface area (Å²) in [6.07, 6.45) is 1.28. The zero-order valence-electron chi connectivity index (χ0n) is 12.8. The Hall–Kier alpha value is -3.96. The number of benzene rings is 1. The van der Waals surface area contributed by atoms with Crippen molar-refractivity contribution in [2.45, 2.75) is 6.92 Å². The molecule has 0 aliphatic heterocycles. The predicted octanol–water partition coefficient (Wildman–Crippen LogP) is -0.284. The van der Waals surface area contributed by atoms with Crippen LogP contribution in [-0.4, -0.2) is 47.6 Å². The van der Waals surface area contributed by atoms with Crippen molar-refractivity contribution in [3.05, 3.63) is 35.2 Å². The molecule has 3 rings (SSSR count). The fourth-order valence-corrected chi connectivity index (χ4v) is 1.94. The quantitative estimate of drug-likeness (QED) is 0.281. The van der Waals surface area contributed by atoms with Crippen LogP contribution in [0.25, 0.3) is 5.82 Å². The van der Waals surface area contributed by atoms with Crippen LogP contribution in [-0.2, 0) is 0 Å². The summed E-state index contributed by atoms with van der Waals surface area (Å²) >= 11 is 0. The molecule has 2 aromatic heterocycles. The molecule has 0 saturated carbocycles. The van der Waals surface area contributed by atoms with Crippen LogP contribution in [0.2, 0.25) is 0 Å². The lowest BCUT2D eigenvalue weighted by atomic mass is 10.2. The van der Waals surface area contributed by atoms with Crippen molar-refractivity contribution in [2.24, 2.45) is 5.10 Å². The molecule has 0 unspecified atom stereocenters. The Morgan fingerprint density at radius 2 is 2.16 bits per heavy atom. The average molecular weight is 344 g/mol. The van der Waals surface area contributed by atoms with Crippen LogP contribution in [0.4, 0.5) is 5.82 Å². The van der Waals surface area contributed by atoms with Crippen LogP contribution in [0, 0.1) is 6.92 Å². The van der Waals surface area contributed by atoms with E-state index in [1.54, 1.807) is 6.92 Å². The summed E-state index contributed by atoms with van der Waals surface area (Å²) in [4.78, 5) is 12.3. The van der Waals surface area contributed by atoms with Crippen LogP contribution in [0.5, 0.6) is 11.5 Å². The largest absolute Gasteiger partial charge is 0.504 e. The Balaban J connectivity index is 1.80. The van der Waals surface area contributed by atoms with Gasteiger partial charge in [0.15, 0.2) is 17.2 Å². The SMILES string of the molecule is Cc1nnn(-c2nonc2N)c1C(=O)N/N=C\c1ccc(O)c(O)c1. The first-order valence-electron chi connectivity index (χ1n) is 6.83. The summed E-state index contributed by atoms with van der Waals surface area (Å²) < 4.78 is 5.57. The fraction of sp³-hybridized carbons (Fsp3) is 0.0769. The number of phenolic OH excluding ortho intramolecular Hbond substituents is 2. The second kappa shape index (κ2) is 6.27. The number of carbonyl (C=O) groups is 1. The number of hydrogen-bond acceptors (Lipinski definition) is 10. The highest BCUT2D eigenvalue weighted by Crippen LogP contribution is 2.24. The highest BCUT2D eigenvalue weighted by molar-refractivity contribution is 5.94. The summed E-state index contributed by atoms with van der Waals surface area (Å²) in [5.74, 6) is -1.21. The summed E-state index contributed by atoms with van der Waals surface area (Å²) in [5, 5.41) is 37.0. The van der Waals surface area contributed by atoms with E-state index in [-0.39, 0.29) is 28.8 Å². The third kappa shape index (κ3) is 3.08. The first-order valence-corrected chi connectivity index (χ1v) is 6.83. The van der Waals surface area contributed by atoms with E-state index >= 15 is 0 Å². The molecule has 2 heterocycles. The first-order chi connectivity index (χ1) is 12.0. The van der Waals surface area contributed by atoms with Crippen LogP contribution in [0.3, 0.4) is 0 Å². The van der Waals surface area contributed by atoms with Crippen molar-refractivity contribution < 1.29 is 19.6 Å². The number of aryl methyl sites for hydroxylation is 1. The summed E-state index contributed by atoms with van der Waals surface area (Å²) in [6, 6.07) is 4.08. The van der Waals surface area contributed by atoms with Gasteiger partial charge in [0.25, 0.3) is 5.91 Å². The molecule has 1 aromatic carbocycles. The number of carbonyl (C=O) groups excluding carboxylic acids is 1. The average Bonchev–Trinajstić information content (AvgIpc) is 3.16. The van der Waals surface area contributed by atoms with Crippen LogP contribution >= 0.6 is 0 Å². The number of hydrogen-bond donors (Lipinski definition) is 4. The zero-order chi connectivity index (χ0) is 18.0. The fourth-order valence-electron chi connectivity index (χ4n) is 1.94. The van der Waals surface area contributed by atoms with Gasteiger partial charge in [-0.25, -0.2) is 10.1 Å². The molecule has 0 bridgehead atoms. The molecule has 0 saturated heterocycles. The number of aromatic nitrogens is 5. The smallest absolute Gasteiger partial charge is 0.292 e. The molecule has 0 fully saturated rings. The molecule has 128 valence electrons. The molecular formula is C13H12N8O4. The maximum atomic E-state index is 12.3. The standard InChI is InChI=1S/C13H12N8O4/c1-6-10(21(20-16-6)12-11(14)18-25-19-12)13(24)17-15-5-7-2-3-8(22)9(23)4-7/h2-5,22-23H,1H3,(H2,14,18)(H,17,24)/b15-5-. The number of nitrogens with two attached hydrogens (primary N) is 1. The minimum Gasteiger partial charge on any atom is -0.504 e. The monoisotopic (exact) mass is 344 g/mol. The lowest BCUT2D eigenvalue weighted by Gasteiger charge is -2.02. The molecule has 25 heavy (non-hydrogen) atoms. The second-order valence-electron chi connectivity index (χ2n) is 4.86. The van der Waals surface area contributed by atoms with Crippen molar-refractivity contribution in [2.75, 3.05) is 5.73 Å². The van der Waals surface area contributed by atoms with Crippen molar-refractivity contribution in [1.29, 1.82) is 0 Å². The molecule has 0 spiro atoms. The van der Waals surface area contributed by atoms with Gasteiger partial charge in [0.1, 0.15) is 0 Å². The number of hydrazone groups is 1. The molecule has 3 aromatic rings. The zero-order valence-corrected chi connectivity index (χ0v) is 12.8. The van der Waals surface area contributed by atoms with Gasteiger partial charge < -0.3 is 15.9 Å². The van der Waals surface area contributed by atoms with E-state index in [0.29, 0.717) is 11.3 Å². The number of anilines is 1. The topological polar surface area (TPSA) is 178 Å². The van der Waals surface area contributed by atoms with Crippen molar-refractivity contribution in [1.82, 2.24) is 30.7 Å². The maximum absolute atomic E-state index is 12.3. The van der Waals surface area contributed by atoms with E-state index < -0.39 is 5.91 Å². The lowest BCUT2D eigenvalue weighted by molar-refractivity contribution is 0.0946. The molecule has 12 heteroatoms. The predicted molar refractivity (Wildman–Crippen MR) is 83.2 cm³/mol. The third-order valence-corrected chi connectivity index (χ3v) is 3.13. The molecule has 5 N–H and O–H groups in total. The Labute approximate surface area is 139 Å². The number of aromatic hydroxyl groups is 2. The normalized spacial score (nSPS) is 11.1. The van der Waals surface area contributed by atoms with E-state index in [2.05, 4.69) is 35.8 Å². The van der Waals surface area contributed by atoms with Gasteiger partial charge in [-0.3, -0.25) is 4.79 Å². The maximum Gasteiger partial charge on any atom is 0.292 e. The first kappa shape index (κ1) is 15.9. The van der Waals surface area contributed by atoms with Gasteiger partial charge in [-0.1, -0.05) is 5.21 Å². The van der Waals surface area contributed by atoms with E-state index in [4.69, 9.17) is 5.73 Å². The highest BCUT2D eigenvalue weighted by atomic mass is 16.6. The van der Waals surface area contributed by atoms with Gasteiger partial charge >= 0.3 is 0 Å². The van der Waals surface area contributed by atoms with Gasteiger partial charge in [0.2, 0.25) is 11.6 Å². The van der Waals surface area contributed by atoms with E-state index in [1.165, 1.54) is 24.4 Å². The molecule has 0 atom stereocenters. The minimum atomic E-state index is -0.621. The number of nitrogens with zero attached hydrogens (tertiary/aromatic N) is 6. The number of phenols is 2. The van der Waals surface area contributed by atoms with Gasteiger partial charge in [0.05, 0.1) is 11.9 Å². The second-order valence-corrected chi connectivity index (χ2v) is 4.86. The van der Waals surface area contributed by atoms with Crippen molar-refractivity contribution >= 4 is 17.9 Å². The lowest BCUT2D eigenvalue weighted by Crippen LogP contribution is -2.22. The van der Waals surface area contributed by atoms with Gasteiger partial charge in [0, 0.05) is 0 Å². The minimum absolute atomic E-state index is 0.0261. The number of nitrogen functional groups attached to an aromatic ring is 1. The third-order valence-electron chi connectivity index (χ3n) is 3.13. The number of amides is 1. The Morgan fingerprint density at radius 3 is 2.84 bits per heavy atom. The summed E-state index contributed by atoms with van der Waals surface area (Å²) in [7, 11) is 0. The Bertz CT molecular complexity index is 961. The molecule has 0 aliphatic rings. The molecule has 12 nitrogen and oxygen atoms in total. The van der Waals surface area contributed by atoms with Crippen molar-refractivity contribution in [3.63, 3.8) is 0 Å². The Kier molecular flexibility index (Phi) is 3.99. The molecular weight excluding hydrogens is 332 g/mol. The van der Waals surface area contributed by atoms with Gasteiger partial charge in [-0.05, 0) is 41.0 Å². The van der Waals surface area contributed by atoms with E-state index in [9.17, 15) is 15.0 Å². The van der Waals surface area contributed by atoms with Gasteiger partial charge in [-0.15, -0.1) is 5.10 Å². The van der Waals surface area contributed by atoms with Crippen molar-refractivity contribution in [3.8, 4) is 17.3 Å². The number of rotatable bonds is 4.